The van der Waals surface area contributed by atoms with Gasteiger partial charge in [-0.1, -0.05) is 20.3 Å². The number of hydrogen-bond donors (Lipinski definition) is 3. The molecule has 0 atom stereocenters. The van der Waals surface area contributed by atoms with E-state index < -0.39 is 0 Å². The van der Waals surface area contributed by atoms with Crippen LogP contribution in [-0.2, 0) is 19.7 Å². The molecule has 0 aliphatic heterocycles. The largest absolute Gasteiger partial charge is 2.00 e. The van der Waals surface area contributed by atoms with E-state index in [9.17, 15) is 14.4 Å². The maximum atomic E-state index is 11.3. The van der Waals surface area contributed by atoms with Gasteiger partial charge in [-0.15, -0.1) is 0 Å². The van der Waals surface area contributed by atoms with Gasteiger partial charge in [0.2, 0.25) is 0 Å². The van der Waals surface area contributed by atoms with Gasteiger partial charge in [-0.3, -0.25) is 0 Å². The Kier molecular flexibility index (Phi) is 22.0. The Bertz CT molecular complexity index is 1130. The Balaban J connectivity index is 0. The van der Waals surface area contributed by atoms with Crippen LogP contribution in [0, 0.1) is 0 Å². The summed E-state index contributed by atoms with van der Waals surface area (Å²) in [6, 6.07) is 18.0. The number of unbranched alkanes of at least 4 members (excludes halogenated alkanes) is 1. The zero-order valence-corrected chi connectivity index (χ0v) is 25.0. The van der Waals surface area contributed by atoms with Crippen molar-refractivity contribution >= 4 is 41.0 Å². The number of phenols is 3. The van der Waals surface area contributed by atoms with Crippen molar-refractivity contribution in [2.24, 2.45) is 0 Å². The molecular weight excluding hydrogens is 545 g/mol. The summed E-state index contributed by atoms with van der Waals surface area (Å²) in [5.74, 6) is -0.608. The van der Waals surface area contributed by atoms with E-state index in [0.717, 1.165) is 19.3 Å². The van der Waals surface area contributed by atoms with Crippen LogP contribution in [0.1, 0.15) is 71.1 Å². The summed E-state index contributed by atoms with van der Waals surface area (Å²) in [5, 5.41) is 26.9. The van der Waals surface area contributed by atoms with Crippen molar-refractivity contribution in [1.29, 1.82) is 0 Å². The first-order valence-electron chi connectivity index (χ1n) is 12.6. The molecule has 0 aliphatic carbocycles. The molecule has 0 amide bonds. The third-order valence-corrected chi connectivity index (χ3v) is 4.75. The van der Waals surface area contributed by atoms with Crippen molar-refractivity contribution < 1.29 is 49.4 Å². The summed E-state index contributed by atoms with van der Waals surface area (Å²) in [4.78, 5) is 33.6. The van der Waals surface area contributed by atoms with Gasteiger partial charge in [0.1, 0.15) is 17.2 Å². The smallest absolute Gasteiger partial charge is 2.00 e. The standard InChI is InChI=1S/C11H14O3.C10H12O3.C9H10O3.Mg.O/c1-2-3-8-14-11(13)9-4-6-10(12)7-5-9;1-2-7-13-10(12)8-3-5-9(11)6-4-8;1-2-12-9(11)7-3-5-8(10)6-4-7;;/h4-7,12H,2-3,8H2,1H3;3-6,11H,2,7H2,1H3;3-6,10H,2H2,1H3;;/q;;;+2;-2. The Morgan fingerprint density at radius 3 is 1.15 bits per heavy atom. The molecule has 0 aliphatic rings. The maximum Gasteiger partial charge on any atom is 2.00 e. The summed E-state index contributed by atoms with van der Waals surface area (Å²) in [6.45, 7) is 6.96. The number of hydrogen-bond acceptors (Lipinski definition) is 9. The van der Waals surface area contributed by atoms with E-state index in [1.807, 2.05) is 13.8 Å². The maximum absolute atomic E-state index is 11.3. The van der Waals surface area contributed by atoms with E-state index in [0.29, 0.717) is 36.5 Å². The Morgan fingerprint density at radius 2 is 0.854 bits per heavy atom. The second kappa shape index (κ2) is 23.0. The van der Waals surface area contributed by atoms with Crippen LogP contribution in [0.15, 0.2) is 72.8 Å². The SMILES string of the molecule is CCCCOC(=O)c1ccc(O)cc1.CCCOC(=O)c1ccc(O)cc1.CCOC(=O)c1ccc(O)cc1.[Mg+2].[O-2]. The monoisotopic (exact) mass is 580 g/mol. The second-order valence-corrected chi connectivity index (χ2v) is 7.99. The zero-order chi connectivity index (χ0) is 29.0. The molecule has 10 nitrogen and oxygen atoms in total. The molecule has 0 fully saturated rings. The van der Waals surface area contributed by atoms with E-state index in [-0.39, 0.29) is 63.7 Å². The first-order valence-corrected chi connectivity index (χ1v) is 12.6. The van der Waals surface area contributed by atoms with Gasteiger partial charge in [0.25, 0.3) is 0 Å². The second-order valence-electron chi connectivity index (χ2n) is 7.99. The molecule has 0 heterocycles. The first-order chi connectivity index (χ1) is 18.7. The van der Waals surface area contributed by atoms with Gasteiger partial charge < -0.3 is 35.0 Å². The fraction of sp³-hybridized carbons (Fsp3) is 0.300. The predicted octanol–water partition coefficient (Wildman–Crippen LogP) is 5.38. The van der Waals surface area contributed by atoms with Crippen LogP contribution >= 0.6 is 0 Å². The molecule has 0 radical (unpaired) electrons. The molecule has 0 aromatic heterocycles. The van der Waals surface area contributed by atoms with Crippen LogP contribution in [0.25, 0.3) is 0 Å². The van der Waals surface area contributed by atoms with Crippen LogP contribution in [0.5, 0.6) is 17.2 Å². The predicted molar refractivity (Wildman–Crippen MR) is 152 cm³/mol. The van der Waals surface area contributed by atoms with Crippen molar-refractivity contribution in [3.8, 4) is 17.2 Å². The summed E-state index contributed by atoms with van der Waals surface area (Å²) < 4.78 is 14.6. The van der Waals surface area contributed by atoms with Crippen molar-refractivity contribution in [3.63, 3.8) is 0 Å². The molecule has 3 aromatic carbocycles. The molecule has 0 unspecified atom stereocenters. The van der Waals surface area contributed by atoms with Crippen molar-refractivity contribution in [2.75, 3.05) is 19.8 Å². The molecule has 0 bridgehead atoms. The average molecular weight is 581 g/mol. The molecular formula is C30H36MgO10. The first kappa shape index (κ1) is 39.3. The van der Waals surface area contributed by atoms with Gasteiger partial charge in [-0.05, 0) is 92.6 Å². The van der Waals surface area contributed by atoms with E-state index >= 15 is 0 Å². The Hall–Kier alpha value is -3.80. The van der Waals surface area contributed by atoms with Crippen LogP contribution in [0.3, 0.4) is 0 Å². The topological polar surface area (TPSA) is 168 Å². The van der Waals surface area contributed by atoms with E-state index in [4.69, 9.17) is 29.5 Å². The molecule has 41 heavy (non-hydrogen) atoms. The van der Waals surface area contributed by atoms with Gasteiger partial charge in [0.05, 0.1) is 36.5 Å². The average Bonchev–Trinajstić information content (AvgIpc) is 2.94. The Morgan fingerprint density at radius 1 is 0.537 bits per heavy atom. The van der Waals surface area contributed by atoms with Crippen molar-refractivity contribution in [1.82, 2.24) is 0 Å². The number of rotatable bonds is 9. The Labute approximate surface area is 256 Å². The molecule has 0 saturated heterocycles. The third kappa shape index (κ3) is 16.8. The van der Waals surface area contributed by atoms with Gasteiger partial charge in [-0.2, -0.15) is 0 Å². The summed E-state index contributed by atoms with van der Waals surface area (Å²) in [7, 11) is 0. The molecule has 3 rings (SSSR count). The fourth-order valence-corrected chi connectivity index (χ4v) is 2.68. The number of carbonyl (C=O) groups excluding carboxylic acids is 3. The molecule has 0 saturated carbocycles. The van der Waals surface area contributed by atoms with Crippen molar-refractivity contribution in [2.45, 2.75) is 40.0 Å². The quantitative estimate of drug-likeness (QED) is 0.130. The van der Waals surface area contributed by atoms with Gasteiger partial charge >= 0.3 is 41.0 Å². The number of carbonyl (C=O) groups is 3. The minimum absolute atomic E-state index is 0. The zero-order valence-electron chi connectivity index (χ0n) is 23.6. The molecule has 3 aromatic rings. The molecule has 218 valence electrons. The molecule has 0 spiro atoms. The fourth-order valence-electron chi connectivity index (χ4n) is 2.68. The van der Waals surface area contributed by atoms with Crippen molar-refractivity contribution in [3.05, 3.63) is 89.5 Å². The van der Waals surface area contributed by atoms with Gasteiger partial charge in [0.15, 0.2) is 0 Å². The number of benzene rings is 3. The number of ether oxygens (including phenoxy) is 3. The minimum Gasteiger partial charge on any atom is -2.00 e. The summed E-state index contributed by atoms with van der Waals surface area (Å²) in [6.07, 6.45) is 2.69. The van der Waals surface area contributed by atoms with E-state index in [1.54, 1.807) is 19.1 Å². The van der Waals surface area contributed by atoms with Crippen LogP contribution in [0.4, 0.5) is 0 Å². The number of aromatic hydroxyl groups is 3. The molecule has 3 N–H and O–H groups in total. The van der Waals surface area contributed by atoms with Crippen LogP contribution in [0.2, 0.25) is 0 Å². The summed E-state index contributed by atoms with van der Waals surface area (Å²) in [5.41, 5.74) is 1.39. The van der Waals surface area contributed by atoms with Crippen LogP contribution in [-0.4, -0.2) is 76.1 Å². The van der Waals surface area contributed by atoms with Crippen LogP contribution < -0.4 is 0 Å². The van der Waals surface area contributed by atoms with E-state index in [2.05, 4.69) is 0 Å². The third-order valence-electron chi connectivity index (χ3n) is 4.75. The van der Waals surface area contributed by atoms with E-state index in [1.165, 1.54) is 60.7 Å². The normalized spacial score (nSPS) is 9.15. The molecule has 11 heteroatoms. The number of phenolic OH excluding ortho intramolecular Hbond substituents is 3. The minimum atomic E-state index is -0.363. The van der Waals surface area contributed by atoms with Gasteiger partial charge in [-0.25, -0.2) is 14.4 Å². The number of esters is 3. The summed E-state index contributed by atoms with van der Waals surface area (Å²) >= 11 is 0. The van der Waals surface area contributed by atoms with Gasteiger partial charge in [0, 0.05) is 0 Å².